The quantitative estimate of drug-likeness (QED) is 0.124. The van der Waals surface area contributed by atoms with E-state index in [2.05, 4.69) is 0 Å². The minimum atomic E-state index is -1.64. The van der Waals surface area contributed by atoms with E-state index in [1.807, 2.05) is 47.6 Å². The first-order valence-corrected chi connectivity index (χ1v) is 16.9. The van der Waals surface area contributed by atoms with Crippen molar-refractivity contribution in [3.8, 4) is 5.75 Å². The van der Waals surface area contributed by atoms with Gasteiger partial charge in [-0.2, -0.15) is 0 Å². The van der Waals surface area contributed by atoms with Crippen LogP contribution >= 0.6 is 0 Å². The topological polar surface area (TPSA) is 202 Å². The number of ether oxygens (including phenoxy) is 1. The van der Waals surface area contributed by atoms with Crippen LogP contribution in [0, 0.1) is 20.8 Å². The molecule has 13 heteroatoms. The summed E-state index contributed by atoms with van der Waals surface area (Å²) in [6, 6.07) is 10.6. The maximum atomic E-state index is 13.9. The molecule has 5 N–H and O–H groups in total. The van der Waals surface area contributed by atoms with Gasteiger partial charge >= 0.3 is 29.8 Å². The van der Waals surface area contributed by atoms with Crippen LogP contribution in [0.15, 0.2) is 36.4 Å². The number of fused-ring (bicyclic) bond motifs is 1. The Morgan fingerprint density at radius 2 is 1.08 bits per heavy atom. The number of carboxylic acid groups (broad SMARTS) is 4. The molecule has 1 atom stereocenters. The highest BCUT2D eigenvalue weighted by atomic mass is 16.6. The summed E-state index contributed by atoms with van der Waals surface area (Å²) < 4.78 is 6.56. The number of phenols is 1. The number of rotatable bonds is 16. The standard InChI is InChI=1S/C39H46N2O11/c1-20(2)26-12-31(23(6)28(22(26)5)14-40(16-33(42)43)17-34(44)45)39(30-11-9-8-10-25(30)38(51)52-39)32-13-27(21(3)4)37(50)29(24(32)7)15-41(18-35(46)47)19-36(48)49/h8-13,20-21,50H,14-19H2,1-7H3,(H,42,43)(H,44,45)(H,46,47)(H,48,49)/t39-/m1/s1. The highest BCUT2D eigenvalue weighted by Crippen LogP contribution is 2.52. The highest BCUT2D eigenvalue weighted by molar-refractivity contribution is 5.96. The van der Waals surface area contributed by atoms with Gasteiger partial charge in [0.2, 0.25) is 0 Å². The van der Waals surface area contributed by atoms with Crippen molar-refractivity contribution in [2.75, 3.05) is 26.2 Å². The molecule has 1 heterocycles. The second kappa shape index (κ2) is 15.5. The third kappa shape index (κ3) is 7.80. The Kier molecular flexibility index (Phi) is 11.8. The van der Waals surface area contributed by atoms with Crippen molar-refractivity contribution in [1.29, 1.82) is 0 Å². The number of benzene rings is 3. The van der Waals surface area contributed by atoms with Crippen molar-refractivity contribution in [3.63, 3.8) is 0 Å². The zero-order valence-electron chi connectivity index (χ0n) is 30.4. The van der Waals surface area contributed by atoms with Crippen molar-refractivity contribution in [3.05, 3.63) is 97.6 Å². The molecule has 0 spiro atoms. The van der Waals surface area contributed by atoms with Crippen LogP contribution in [0.4, 0.5) is 0 Å². The van der Waals surface area contributed by atoms with Crippen LogP contribution in [0.25, 0.3) is 0 Å². The number of esters is 1. The van der Waals surface area contributed by atoms with E-state index in [4.69, 9.17) is 4.74 Å². The van der Waals surface area contributed by atoms with Crippen LogP contribution in [0.5, 0.6) is 5.75 Å². The summed E-state index contributed by atoms with van der Waals surface area (Å²) in [7, 11) is 0. The molecule has 1 aliphatic heterocycles. The SMILES string of the molecule is Cc1c(C(C)C)cc([C@]2(c3cc(C(C)C)c(O)c(CN(CC(=O)O)CC(=O)O)c3C)OC(=O)c3ccccc32)c(C)c1CN(CC(=O)O)CC(=O)O. The smallest absolute Gasteiger partial charge is 0.340 e. The summed E-state index contributed by atoms with van der Waals surface area (Å²) in [4.78, 5) is 63.5. The Hall–Kier alpha value is -5.27. The molecule has 278 valence electrons. The average Bonchev–Trinajstić information content (AvgIpc) is 3.32. The van der Waals surface area contributed by atoms with Gasteiger partial charge in [-0.05, 0) is 78.1 Å². The van der Waals surface area contributed by atoms with E-state index in [1.165, 1.54) is 9.80 Å². The van der Waals surface area contributed by atoms with Crippen LogP contribution < -0.4 is 0 Å². The van der Waals surface area contributed by atoms with Crippen LogP contribution in [-0.4, -0.2) is 91.4 Å². The fourth-order valence-electron chi connectivity index (χ4n) is 7.35. The molecule has 0 unspecified atom stereocenters. The van der Waals surface area contributed by atoms with Gasteiger partial charge in [0, 0.05) is 35.3 Å². The molecular weight excluding hydrogens is 672 g/mol. The molecule has 0 saturated carbocycles. The molecule has 0 aliphatic carbocycles. The van der Waals surface area contributed by atoms with Gasteiger partial charge in [-0.3, -0.25) is 29.0 Å². The van der Waals surface area contributed by atoms with Crippen molar-refractivity contribution in [2.45, 2.75) is 79.0 Å². The van der Waals surface area contributed by atoms with Crippen LogP contribution in [0.1, 0.15) is 106 Å². The summed E-state index contributed by atoms with van der Waals surface area (Å²) in [5.41, 5.74) is 4.32. The van der Waals surface area contributed by atoms with Crippen LogP contribution in [0.3, 0.4) is 0 Å². The van der Waals surface area contributed by atoms with Crippen LogP contribution in [-0.2, 0) is 42.6 Å². The second-order valence-electron chi connectivity index (χ2n) is 14.0. The first-order valence-electron chi connectivity index (χ1n) is 16.9. The number of cyclic esters (lactones) is 1. The van der Waals surface area contributed by atoms with Gasteiger partial charge in [0.05, 0.1) is 31.7 Å². The first kappa shape index (κ1) is 39.5. The first-order chi connectivity index (χ1) is 24.3. The van der Waals surface area contributed by atoms with Gasteiger partial charge in [-0.15, -0.1) is 0 Å². The Morgan fingerprint density at radius 3 is 1.54 bits per heavy atom. The van der Waals surface area contributed by atoms with E-state index in [0.717, 1.165) is 11.1 Å². The molecule has 13 nitrogen and oxygen atoms in total. The number of aliphatic carboxylic acids is 4. The van der Waals surface area contributed by atoms with E-state index in [0.29, 0.717) is 44.5 Å². The molecule has 0 amide bonds. The summed E-state index contributed by atoms with van der Waals surface area (Å²) >= 11 is 0. The maximum absolute atomic E-state index is 13.9. The molecule has 0 radical (unpaired) electrons. The predicted molar refractivity (Wildman–Crippen MR) is 190 cm³/mol. The van der Waals surface area contributed by atoms with Crippen molar-refractivity contribution < 1.29 is 54.2 Å². The van der Waals surface area contributed by atoms with E-state index in [9.17, 15) is 49.5 Å². The Labute approximate surface area is 302 Å². The fraction of sp³-hybridized carbons (Fsp3) is 0.410. The second-order valence-corrected chi connectivity index (χ2v) is 14.0. The molecule has 0 saturated heterocycles. The number of carbonyl (C=O) groups excluding carboxylic acids is 1. The Morgan fingerprint density at radius 1 is 0.654 bits per heavy atom. The normalized spacial score (nSPS) is 15.4. The van der Waals surface area contributed by atoms with E-state index < -0.39 is 61.6 Å². The molecule has 1 aliphatic rings. The Bertz CT molecular complexity index is 1790. The molecule has 4 rings (SSSR count). The Balaban J connectivity index is 2.16. The number of carbonyl (C=O) groups is 5. The van der Waals surface area contributed by atoms with E-state index in [1.54, 1.807) is 37.3 Å². The van der Waals surface area contributed by atoms with Gasteiger partial charge in [-0.1, -0.05) is 52.0 Å². The zero-order chi connectivity index (χ0) is 38.8. The van der Waals surface area contributed by atoms with Crippen LogP contribution in [0.2, 0.25) is 0 Å². The maximum Gasteiger partial charge on any atom is 0.340 e. The van der Waals surface area contributed by atoms with Gasteiger partial charge in [0.1, 0.15) is 5.75 Å². The number of carboxylic acids is 4. The molecular formula is C39H46N2O11. The fourth-order valence-corrected chi connectivity index (χ4v) is 7.35. The van der Waals surface area contributed by atoms with Gasteiger partial charge < -0.3 is 30.3 Å². The molecule has 3 aromatic carbocycles. The molecule has 0 fully saturated rings. The lowest BCUT2D eigenvalue weighted by atomic mass is 9.72. The van der Waals surface area contributed by atoms with Gasteiger partial charge in [0.25, 0.3) is 0 Å². The average molecular weight is 719 g/mol. The van der Waals surface area contributed by atoms with Crippen molar-refractivity contribution in [2.24, 2.45) is 0 Å². The highest BCUT2D eigenvalue weighted by Gasteiger charge is 2.51. The molecule has 3 aromatic rings. The van der Waals surface area contributed by atoms with E-state index in [-0.39, 0.29) is 36.2 Å². The van der Waals surface area contributed by atoms with Crippen molar-refractivity contribution >= 4 is 29.8 Å². The lowest BCUT2D eigenvalue weighted by Crippen LogP contribution is -2.36. The van der Waals surface area contributed by atoms with Gasteiger partial charge in [-0.25, -0.2) is 4.79 Å². The lowest BCUT2D eigenvalue weighted by Gasteiger charge is -2.37. The van der Waals surface area contributed by atoms with Crippen molar-refractivity contribution in [1.82, 2.24) is 9.80 Å². The van der Waals surface area contributed by atoms with Gasteiger partial charge in [0.15, 0.2) is 5.60 Å². The number of nitrogens with zero attached hydrogens (tertiary/aromatic N) is 2. The molecule has 52 heavy (non-hydrogen) atoms. The minimum absolute atomic E-state index is 0.0358. The molecule has 0 aromatic heterocycles. The number of aromatic hydroxyl groups is 1. The lowest BCUT2D eigenvalue weighted by molar-refractivity contribution is -0.144. The summed E-state index contributed by atoms with van der Waals surface area (Å²) in [5.74, 6) is -5.99. The minimum Gasteiger partial charge on any atom is -0.507 e. The number of phenolic OH excluding ortho intramolecular Hbond substituents is 1. The summed E-state index contributed by atoms with van der Waals surface area (Å²) in [6.45, 7) is 10.5. The third-order valence-electron chi connectivity index (χ3n) is 9.73. The third-order valence-corrected chi connectivity index (χ3v) is 9.73. The zero-order valence-corrected chi connectivity index (χ0v) is 30.4. The molecule has 0 bridgehead atoms. The number of hydrogen-bond donors (Lipinski definition) is 5. The predicted octanol–water partition coefficient (Wildman–Crippen LogP) is 4.97. The summed E-state index contributed by atoms with van der Waals surface area (Å²) in [5, 5.41) is 50.2. The largest absolute Gasteiger partial charge is 0.507 e. The monoisotopic (exact) mass is 718 g/mol. The number of hydrogen-bond acceptors (Lipinski definition) is 9. The summed E-state index contributed by atoms with van der Waals surface area (Å²) in [6.07, 6.45) is 0. The van der Waals surface area contributed by atoms with E-state index >= 15 is 0 Å².